The molecule has 2 aliphatic heterocycles. The van der Waals surface area contributed by atoms with Gasteiger partial charge in [-0.2, -0.15) is 0 Å². The number of nitrogens with zero attached hydrogens (tertiary/aromatic N) is 3. The molecule has 2 aromatic rings. The van der Waals surface area contributed by atoms with Gasteiger partial charge in [-0.3, -0.25) is 9.69 Å². The summed E-state index contributed by atoms with van der Waals surface area (Å²) in [5.41, 5.74) is 2.01. The van der Waals surface area contributed by atoms with Gasteiger partial charge in [-0.15, -0.1) is 0 Å². The van der Waals surface area contributed by atoms with E-state index >= 15 is 0 Å². The maximum Gasteiger partial charge on any atom is 0.223 e. The number of aromatic nitrogens is 2. The lowest BCUT2D eigenvalue weighted by molar-refractivity contribution is -0.131. The predicted molar refractivity (Wildman–Crippen MR) is 101 cm³/mol. The Kier molecular flexibility index (Phi) is 5.51. The number of fused-ring (bicyclic) bond motifs is 1. The molecule has 1 N–H and O–H groups in total. The second-order valence-corrected chi connectivity index (χ2v) is 7.31. The first-order chi connectivity index (χ1) is 12.8. The molecule has 3 heterocycles. The van der Waals surface area contributed by atoms with Gasteiger partial charge in [-0.1, -0.05) is 12.1 Å². The van der Waals surface area contributed by atoms with Gasteiger partial charge >= 0.3 is 0 Å². The minimum absolute atomic E-state index is 0.249. The smallest absolute Gasteiger partial charge is 0.223 e. The summed E-state index contributed by atoms with van der Waals surface area (Å²) in [6.07, 6.45) is 4.51. The van der Waals surface area contributed by atoms with Gasteiger partial charge in [0.05, 0.1) is 11.0 Å². The van der Waals surface area contributed by atoms with Crippen molar-refractivity contribution in [1.29, 1.82) is 0 Å². The van der Waals surface area contributed by atoms with Crippen LogP contribution in [0.5, 0.6) is 0 Å². The number of aryl methyl sites for hydroxylation is 1. The van der Waals surface area contributed by atoms with Gasteiger partial charge < -0.3 is 14.6 Å². The zero-order valence-corrected chi connectivity index (χ0v) is 15.3. The third-order valence-electron chi connectivity index (χ3n) is 5.60. The quantitative estimate of drug-likeness (QED) is 0.912. The molecule has 0 spiro atoms. The van der Waals surface area contributed by atoms with Crippen LogP contribution in [0.1, 0.15) is 31.5 Å². The number of rotatable bonds is 4. The fraction of sp³-hybridized carbons (Fsp3) is 0.600. The molecular weight excluding hydrogens is 328 g/mol. The first-order valence-corrected chi connectivity index (χ1v) is 9.83. The summed E-state index contributed by atoms with van der Waals surface area (Å²) in [4.78, 5) is 25.2. The molecule has 1 aromatic heterocycles. The lowest BCUT2D eigenvalue weighted by Crippen LogP contribution is -2.42. The summed E-state index contributed by atoms with van der Waals surface area (Å²) in [7, 11) is 0. The third-order valence-corrected chi connectivity index (χ3v) is 5.60. The van der Waals surface area contributed by atoms with E-state index in [1.165, 1.54) is 0 Å². The Bertz CT molecular complexity index is 705. The molecule has 0 atom stereocenters. The number of hydrogen-bond acceptors (Lipinski definition) is 4. The van der Waals surface area contributed by atoms with Crippen molar-refractivity contribution in [3.63, 3.8) is 0 Å². The SMILES string of the molecule is O=C(CCc1nc2ccccc2[nH]1)N1CCCN(C2CCOCC2)CC1. The van der Waals surface area contributed by atoms with Crippen LogP contribution in [0.3, 0.4) is 0 Å². The average molecular weight is 356 g/mol. The zero-order chi connectivity index (χ0) is 17.8. The molecule has 2 fully saturated rings. The Morgan fingerprint density at radius 1 is 1.15 bits per heavy atom. The van der Waals surface area contributed by atoms with Gasteiger partial charge in [0.15, 0.2) is 0 Å². The van der Waals surface area contributed by atoms with E-state index in [2.05, 4.69) is 14.9 Å². The number of carbonyl (C=O) groups is 1. The molecule has 1 amide bonds. The molecule has 6 heteroatoms. The van der Waals surface area contributed by atoms with Gasteiger partial charge in [0.2, 0.25) is 5.91 Å². The molecule has 0 bridgehead atoms. The number of hydrogen-bond donors (Lipinski definition) is 1. The van der Waals surface area contributed by atoms with Crippen molar-refractivity contribution in [3.8, 4) is 0 Å². The minimum Gasteiger partial charge on any atom is -0.381 e. The summed E-state index contributed by atoms with van der Waals surface area (Å²) < 4.78 is 5.48. The first kappa shape index (κ1) is 17.5. The molecule has 140 valence electrons. The number of carbonyl (C=O) groups excluding carboxylic acids is 1. The maximum absolute atomic E-state index is 12.7. The zero-order valence-electron chi connectivity index (χ0n) is 15.3. The molecule has 1 aromatic carbocycles. The fourth-order valence-corrected chi connectivity index (χ4v) is 4.11. The molecule has 0 radical (unpaired) electrons. The Morgan fingerprint density at radius 2 is 2.00 bits per heavy atom. The van der Waals surface area contributed by atoms with E-state index in [1.54, 1.807) is 0 Å². The van der Waals surface area contributed by atoms with Crippen LogP contribution in [0.4, 0.5) is 0 Å². The Labute approximate surface area is 154 Å². The van der Waals surface area contributed by atoms with E-state index in [1.807, 2.05) is 29.2 Å². The number of nitrogens with one attached hydrogen (secondary N) is 1. The van der Waals surface area contributed by atoms with Crippen LogP contribution in [0.25, 0.3) is 11.0 Å². The third kappa shape index (κ3) is 4.07. The van der Waals surface area contributed by atoms with Crippen molar-refractivity contribution in [2.45, 2.75) is 38.1 Å². The summed E-state index contributed by atoms with van der Waals surface area (Å²) in [6, 6.07) is 8.63. The standard InChI is InChI=1S/C20H28N4O2/c25-20(7-6-19-21-17-4-1-2-5-18(17)22-19)24-11-3-10-23(12-13-24)16-8-14-26-15-9-16/h1-2,4-5,16H,3,6-15H2,(H,21,22). The number of H-pyrrole nitrogens is 1. The highest BCUT2D eigenvalue weighted by molar-refractivity contribution is 5.77. The maximum atomic E-state index is 12.7. The molecule has 2 aliphatic rings. The molecular formula is C20H28N4O2. The van der Waals surface area contributed by atoms with Crippen molar-refractivity contribution in [2.75, 3.05) is 39.4 Å². The van der Waals surface area contributed by atoms with Gasteiger partial charge in [-0.25, -0.2) is 4.98 Å². The Morgan fingerprint density at radius 3 is 2.85 bits per heavy atom. The van der Waals surface area contributed by atoms with E-state index < -0.39 is 0 Å². The number of para-hydroxylation sites is 2. The number of imidazole rings is 1. The second kappa shape index (κ2) is 8.18. The molecule has 2 saturated heterocycles. The monoisotopic (exact) mass is 356 g/mol. The summed E-state index contributed by atoms with van der Waals surface area (Å²) in [5, 5.41) is 0. The van der Waals surface area contributed by atoms with E-state index in [0.717, 1.165) is 75.5 Å². The number of aromatic amines is 1. The van der Waals surface area contributed by atoms with Crippen LogP contribution in [-0.2, 0) is 16.0 Å². The minimum atomic E-state index is 0.249. The highest BCUT2D eigenvalue weighted by Gasteiger charge is 2.25. The normalized spacial score (nSPS) is 20.4. The van der Waals surface area contributed by atoms with Crippen molar-refractivity contribution in [3.05, 3.63) is 30.1 Å². The molecule has 0 unspecified atom stereocenters. The first-order valence-electron chi connectivity index (χ1n) is 9.83. The molecule has 0 saturated carbocycles. The average Bonchev–Trinajstić information content (AvgIpc) is 2.94. The van der Waals surface area contributed by atoms with Crippen LogP contribution >= 0.6 is 0 Å². The van der Waals surface area contributed by atoms with Crippen molar-refractivity contribution in [2.24, 2.45) is 0 Å². The van der Waals surface area contributed by atoms with E-state index in [4.69, 9.17) is 4.74 Å². The van der Waals surface area contributed by atoms with Crippen LogP contribution < -0.4 is 0 Å². The van der Waals surface area contributed by atoms with E-state index in [9.17, 15) is 4.79 Å². The summed E-state index contributed by atoms with van der Waals surface area (Å²) in [6.45, 7) is 5.55. The second-order valence-electron chi connectivity index (χ2n) is 7.31. The largest absolute Gasteiger partial charge is 0.381 e. The van der Waals surface area contributed by atoms with Gasteiger partial charge in [0, 0.05) is 58.3 Å². The number of amides is 1. The van der Waals surface area contributed by atoms with Gasteiger partial charge in [0.25, 0.3) is 0 Å². The molecule has 4 rings (SSSR count). The van der Waals surface area contributed by atoms with Crippen molar-refractivity contribution in [1.82, 2.24) is 19.8 Å². The lowest BCUT2D eigenvalue weighted by atomic mass is 10.1. The highest BCUT2D eigenvalue weighted by Crippen LogP contribution is 2.17. The van der Waals surface area contributed by atoms with E-state index in [0.29, 0.717) is 18.9 Å². The van der Waals surface area contributed by atoms with Crippen LogP contribution in [0.15, 0.2) is 24.3 Å². The summed E-state index contributed by atoms with van der Waals surface area (Å²) >= 11 is 0. The van der Waals surface area contributed by atoms with Gasteiger partial charge in [-0.05, 0) is 31.4 Å². The lowest BCUT2D eigenvalue weighted by Gasteiger charge is -2.33. The summed E-state index contributed by atoms with van der Waals surface area (Å²) in [5.74, 6) is 1.15. The van der Waals surface area contributed by atoms with Crippen LogP contribution in [0, 0.1) is 0 Å². The molecule has 6 nitrogen and oxygen atoms in total. The molecule has 0 aliphatic carbocycles. The van der Waals surface area contributed by atoms with Crippen LogP contribution in [0.2, 0.25) is 0 Å². The Hall–Kier alpha value is -1.92. The van der Waals surface area contributed by atoms with Crippen LogP contribution in [-0.4, -0.2) is 71.1 Å². The number of benzene rings is 1. The topological polar surface area (TPSA) is 61.5 Å². The molecule has 26 heavy (non-hydrogen) atoms. The van der Waals surface area contributed by atoms with Crippen molar-refractivity contribution < 1.29 is 9.53 Å². The predicted octanol–water partition coefficient (Wildman–Crippen LogP) is 2.21. The number of ether oxygens (including phenoxy) is 1. The van der Waals surface area contributed by atoms with Crippen molar-refractivity contribution >= 4 is 16.9 Å². The highest BCUT2D eigenvalue weighted by atomic mass is 16.5. The van der Waals surface area contributed by atoms with Gasteiger partial charge in [0.1, 0.15) is 5.82 Å². The fourth-order valence-electron chi connectivity index (χ4n) is 4.11. The Balaban J connectivity index is 1.29. The van der Waals surface area contributed by atoms with E-state index in [-0.39, 0.29) is 5.91 Å².